The van der Waals surface area contributed by atoms with Crippen LogP contribution in [0.2, 0.25) is 0 Å². The van der Waals surface area contributed by atoms with Gasteiger partial charge in [-0.1, -0.05) is 12.1 Å². The number of hydrogen-bond acceptors (Lipinski definition) is 7. The molecule has 0 aliphatic carbocycles. The standard InChI is InChI=1S/C23H16F7N7O3/c1-31-19-15(24)9-33-18(35-19)13-5-6-36-16(10-32-17(36)8-13)12-3-2-4-14(7-12)37(40-20(38)23(28,29)30)21(39)34-11-22(25,26)27/h2-10H,11H2,1H3,(H,34,39)(H,31,33,35). The van der Waals surface area contributed by atoms with Gasteiger partial charge in [-0.05, 0) is 24.3 Å². The van der Waals surface area contributed by atoms with Crippen LogP contribution in [-0.4, -0.2) is 57.3 Å². The molecule has 2 N–H and O–H groups in total. The number of nitrogens with zero attached hydrogens (tertiary/aromatic N) is 5. The fourth-order valence-electron chi connectivity index (χ4n) is 3.40. The van der Waals surface area contributed by atoms with Gasteiger partial charge in [-0.2, -0.15) is 26.3 Å². The van der Waals surface area contributed by atoms with Crippen LogP contribution in [0.15, 0.2) is 55.0 Å². The highest BCUT2D eigenvalue weighted by atomic mass is 19.4. The Bertz CT molecular complexity index is 1570. The molecule has 0 aliphatic rings. The number of urea groups is 1. The van der Waals surface area contributed by atoms with Crippen LogP contribution in [0.3, 0.4) is 0 Å². The van der Waals surface area contributed by atoms with Crippen LogP contribution in [0, 0.1) is 5.82 Å². The van der Waals surface area contributed by atoms with Crippen molar-refractivity contribution in [3.8, 4) is 22.6 Å². The van der Waals surface area contributed by atoms with Gasteiger partial charge in [0.1, 0.15) is 12.2 Å². The number of halogens is 7. The second-order valence-electron chi connectivity index (χ2n) is 7.92. The minimum atomic E-state index is -5.54. The smallest absolute Gasteiger partial charge is 0.371 e. The van der Waals surface area contributed by atoms with Crippen LogP contribution in [0.5, 0.6) is 0 Å². The molecule has 0 spiro atoms. The normalized spacial score (nSPS) is 11.8. The van der Waals surface area contributed by atoms with Crippen molar-refractivity contribution in [2.75, 3.05) is 24.0 Å². The molecule has 10 nitrogen and oxygen atoms in total. The molecule has 0 bridgehead atoms. The van der Waals surface area contributed by atoms with Crippen molar-refractivity contribution in [2.24, 2.45) is 0 Å². The van der Waals surface area contributed by atoms with Crippen molar-refractivity contribution in [1.82, 2.24) is 24.7 Å². The molecule has 2 amide bonds. The van der Waals surface area contributed by atoms with E-state index < -0.39 is 42.4 Å². The summed E-state index contributed by atoms with van der Waals surface area (Å²) in [6.45, 7) is -1.89. The molecule has 3 aromatic heterocycles. The van der Waals surface area contributed by atoms with E-state index in [9.17, 15) is 40.3 Å². The highest BCUT2D eigenvalue weighted by molar-refractivity contribution is 5.93. The zero-order valence-corrected chi connectivity index (χ0v) is 20.0. The summed E-state index contributed by atoms with van der Waals surface area (Å²) < 4.78 is 91.4. The Morgan fingerprint density at radius 1 is 1.02 bits per heavy atom. The average molecular weight is 571 g/mol. The lowest BCUT2D eigenvalue weighted by Crippen LogP contribution is -2.46. The van der Waals surface area contributed by atoms with E-state index in [2.05, 4.69) is 25.1 Å². The van der Waals surface area contributed by atoms with E-state index in [1.54, 1.807) is 22.7 Å². The number of pyridine rings is 1. The van der Waals surface area contributed by atoms with Gasteiger partial charge in [0.15, 0.2) is 17.5 Å². The molecule has 0 aliphatic heterocycles. The molecule has 0 atom stereocenters. The molecule has 4 aromatic rings. The number of hydroxylamine groups is 1. The van der Waals surface area contributed by atoms with E-state index in [1.807, 2.05) is 0 Å². The minimum Gasteiger partial charge on any atom is -0.371 e. The van der Waals surface area contributed by atoms with Gasteiger partial charge < -0.3 is 15.5 Å². The zero-order valence-electron chi connectivity index (χ0n) is 20.0. The quantitative estimate of drug-likeness (QED) is 0.263. The third kappa shape index (κ3) is 6.19. The Labute approximate surface area is 219 Å². The van der Waals surface area contributed by atoms with Gasteiger partial charge >= 0.3 is 24.4 Å². The van der Waals surface area contributed by atoms with Crippen molar-refractivity contribution < 1.29 is 45.2 Å². The van der Waals surface area contributed by atoms with Gasteiger partial charge in [-0.15, -0.1) is 5.06 Å². The Balaban J connectivity index is 1.69. The lowest BCUT2D eigenvalue weighted by molar-refractivity contribution is -0.199. The van der Waals surface area contributed by atoms with Gasteiger partial charge in [0.25, 0.3) is 0 Å². The lowest BCUT2D eigenvalue weighted by Gasteiger charge is -2.22. The molecular formula is C23H16F7N7O3. The molecular weight excluding hydrogens is 555 g/mol. The Morgan fingerprint density at radius 3 is 2.45 bits per heavy atom. The van der Waals surface area contributed by atoms with Crippen LogP contribution in [0.4, 0.5) is 47.0 Å². The molecule has 0 saturated heterocycles. The number of anilines is 2. The highest BCUT2D eigenvalue weighted by Crippen LogP contribution is 2.29. The third-order valence-corrected chi connectivity index (χ3v) is 5.16. The molecule has 17 heteroatoms. The van der Waals surface area contributed by atoms with Gasteiger partial charge in [-0.25, -0.2) is 28.9 Å². The molecule has 0 fully saturated rings. The second kappa shape index (κ2) is 10.7. The summed E-state index contributed by atoms with van der Waals surface area (Å²) in [5.41, 5.74) is 0.921. The number of alkyl halides is 6. The van der Waals surface area contributed by atoms with Gasteiger partial charge in [-0.3, -0.25) is 4.40 Å². The Morgan fingerprint density at radius 2 is 1.77 bits per heavy atom. The topological polar surface area (TPSA) is 114 Å². The number of carbonyl (C=O) groups is 2. The van der Waals surface area contributed by atoms with E-state index in [-0.39, 0.29) is 22.3 Å². The maximum Gasteiger partial charge on any atom is 0.493 e. The fraction of sp³-hybridized carbons (Fsp3) is 0.174. The predicted octanol–water partition coefficient (Wildman–Crippen LogP) is 4.74. The monoisotopic (exact) mass is 571 g/mol. The van der Waals surface area contributed by atoms with Gasteiger partial charge in [0.2, 0.25) is 0 Å². The van der Waals surface area contributed by atoms with E-state index in [0.29, 0.717) is 16.9 Å². The Hall–Kier alpha value is -4.96. The molecule has 0 radical (unpaired) electrons. The SMILES string of the molecule is CNc1nc(-c2ccn3c(-c4cccc(N(OC(=O)C(F)(F)F)C(=O)NCC(F)(F)F)c4)cnc3c2)ncc1F. The van der Waals surface area contributed by atoms with Crippen molar-refractivity contribution in [3.63, 3.8) is 0 Å². The van der Waals surface area contributed by atoms with Gasteiger partial charge in [0, 0.05) is 24.4 Å². The van der Waals surface area contributed by atoms with E-state index >= 15 is 0 Å². The number of nitrogens with one attached hydrogen (secondary N) is 2. The van der Waals surface area contributed by atoms with Crippen LogP contribution >= 0.6 is 0 Å². The number of rotatable bonds is 5. The van der Waals surface area contributed by atoms with Crippen molar-refractivity contribution in [3.05, 3.63) is 60.8 Å². The lowest BCUT2D eigenvalue weighted by atomic mass is 10.1. The number of amides is 2. The first kappa shape index (κ1) is 28.1. The number of aromatic nitrogens is 4. The summed E-state index contributed by atoms with van der Waals surface area (Å²) in [5.74, 6) is -3.32. The third-order valence-electron chi connectivity index (χ3n) is 5.16. The first-order valence-electron chi connectivity index (χ1n) is 11.0. The summed E-state index contributed by atoms with van der Waals surface area (Å²) >= 11 is 0. The minimum absolute atomic E-state index is 0.0271. The highest BCUT2D eigenvalue weighted by Gasteiger charge is 2.44. The molecule has 4 rings (SSSR count). The molecule has 210 valence electrons. The maximum atomic E-state index is 13.7. The summed E-state index contributed by atoms with van der Waals surface area (Å²) in [6, 6.07) is 6.29. The van der Waals surface area contributed by atoms with Crippen LogP contribution in [-0.2, 0) is 9.63 Å². The summed E-state index contributed by atoms with van der Waals surface area (Å²) in [4.78, 5) is 40.1. The fourth-order valence-corrected chi connectivity index (χ4v) is 3.40. The average Bonchev–Trinajstić information content (AvgIpc) is 3.33. The number of benzene rings is 1. The van der Waals surface area contributed by atoms with Crippen molar-refractivity contribution in [1.29, 1.82) is 0 Å². The van der Waals surface area contributed by atoms with Crippen LogP contribution < -0.4 is 15.7 Å². The molecule has 40 heavy (non-hydrogen) atoms. The van der Waals surface area contributed by atoms with Crippen LogP contribution in [0.25, 0.3) is 28.3 Å². The summed E-state index contributed by atoms with van der Waals surface area (Å²) in [7, 11) is 1.48. The number of hydrogen-bond donors (Lipinski definition) is 2. The van der Waals surface area contributed by atoms with Crippen molar-refractivity contribution in [2.45, 2.75) is 12.4 Å². The molecule has 0 unspecified atom stereocenters. The summed E-state index contributed by atoms with van der Waals surface area (Å²) in [6.07, 6.45) is -6.52. The second-order valence-corrected chi connectivity index (χ2v) is 7.92. The number of imidazole rings is 1. The van der Waals surface area contributed by atoms with E-state index in [1.165, 1.54) is 30.7 Å². The van der Waals surface area contributed by atoms with E-state index in [4.69, 9.17) is 0 Å². The predicted molar refractivity (Wildman–Crippen MR) is 125 cm³/mol. The first-order valence-corrected chi connectivity index (χ1v) is 11.0. The maximum absolute atomic E-state index is 13.7. The largest absolute Gasteiger partial charge is 0.493 e. The molecule has 0 saturated carbocycles. The first-order chi connectivity index (χ1) is 18.8. The summed E-state index contributed by atoms with van der Waals surface area (Å²) in [5, 5.41) is 3.73. The molecule has 1 aromatic carbocycles. The Kier molecular flexibility index (Phi) is 7.48. The van der Waals surface area contributed by atoms with Crippen molar-refractivity contribution >= 4 is 29.2 Å². The molecule has 3 heterocycles. The van der Waals surface area contributed by atoms with Gasteiger partial charge in [0.05, 0.1) is 23.8 Å². The zero-order chi connectivity index (χ0) is 29.2. The number of fused-ring (bicyclic) bond motifs is 1. The van der Waals surface area contributed by atoms with E-state index in [0.717, 1.165) is 18.3 Å². The number of carbonyl (C=O) groups excluding carboxylic acids is 2. The van der Waals surface area contributed by atoms with Crippen LogP contribution in [0.1, 0.15) is 0 Å².